The van der Waals surface area contributed by atoms with E-state index in [0.717, 1.165) is 3.57 Å². The molecule has 0 radical (unpaired) electrons. The van der Waals surface area contributed by atoms with Gasteiger partial charge >= 0.3 is 6.09 Å². The van der Waals surface area contributed by atoms with Crippen molar-refractivity contribution in [2.75, 3.05) is 14.1 Å². The highest BCUT2D eigenvalue weighted by atomic mass is 127. The first-order chi connectivity index (χ1) is 10.1. The fourth-order valence-electron chi connectivity index (χ4n) is 1.98. The Morgan fingerprint density at radius 3 is 2.55 bits per heavy atom. The third-order valence-corrected chi connectivity index (χ3v) is 3.69. The highest BCUT2D eigenvalue weighted by molar-refractivity contribution is 14.1. The quantitative estimate of drug-likeness (QED) is 0.463. The van der Waals surface area contributed by atoms with Crippen LogP contribution >= 0.6 is 22.6 Å². The fourth-order valence-corrected chi connectivity index (χ4v) is 2.63. The molecule has 2 heterocycles. The zero-order valence-corrected chi connectivity index (χ0v) is 15.3. The minimum Gasteiger partial charge on any atom is -0.464 e. The Morgan fingerprint density at radius 1 is 1.41 bits per heavy atom. The molecule has 2 rings (SSSR count). The number of fused-ring (bicyclic) bond motifs is 1. The first-order valence-corrected chi connectivity index (χ1v) is 7.72. The van der Waals surface area contributed by atoms with Crippen molar-refractivity contribution in [3.8, 4) is 0 Å². The van der Waals surface area contributed by atoms with E-state index in [1.54, 1.807) is 17.4 Å². The molecule has 0 aliphatic rings. The zero-order valence-electron chi connectivity index (χ0n) is 13.1. The normalized spacial score (nSPS) is 12.3. The lowest BCUT2D eigenvalue weighted by Gasteiger charge is -2.19. The number of halogens is 1. The number of hydrogen-bond donors (Lipinski definition) is 1. The maximum Gasteiger partial charge on any atom is 0.416 e. The highest BCUT2D eigenvalue weighted by Gasteiger charge is 2.26. The Morgan fingerprint density at radius 2 is 2.05 bits per heavy atom. The Hall–Kier alpha value is -1.71. The lowest BCUT2D eigenvalue weighted by Crippen LogP contribution is -2.18. The molecule has 0 atom stereocenters. The van der Waals surface area contributed by atoms with Gasteiger partial charge in [0.15, 0.2) is 0 Å². The van der Waals surface area contributed by atoms with Crippen molar-refractivity contribution >= 4 is 52.0 Å². The van der Waals surface area contributed by atoms with Gasteiger partial charge in [0, 0.05) is 25.7 Å². The second-order valence-electron chi connectivity index (χ2n) is 6.16. The number of carbonyl (C=O) groups is 1. The zero-order chi connectivity index (χ0) is 16.7. The van der Waals surface area contributed by atoms with Crippen LogP contribution < -0.4 is 0 Å². The molecule has 0 aromatic carbocycles. The lowest BCUT2D eigenvalue weighted by molar-refractivity contribution is 0.197. The Balaban J connectivity index is 2.82. The Bertz CT molecular complexity index is 759. The van der Waals surface area contributed by atoms with Gasteiger partial charge in [-0.2, -0.15) is 0 Å². The summed E-state index contributed by atoms with van der Waals surface area (Å²) >= 11 is 2.08. The molecule has 22 heavy (non-hydrogen) atoms. The van der Waals surface area contributed by atoms with E-state index >= 15 is 0 Å². The van der Waals surface area contributed by atoms with Crippen LogP contribution in [0, 0.1) is 3.57 Å². The molecule has 0 fully saturated rings. The lowest BCUT2D eigenvalue weighted by atomic mass is 9.91. The molecule has 0 amide bonds. The molecule has 0 saturated heterocycles. The van der Waals surface area contributed by atoms with Gasteiger partial charge in [0.2, 0.25) is 0 Å². The Labute approximate surface area is 142 Å². The summed E-state index contributed by atoms with van der Waals surface area (Å²) in [4.78, 5) is 26.4. The Kier molecular flexibility index (Phi) is 4.41. The van der Waals surface area contributed by atoms with Crippen LogP contribution in [0.1, 0.15) is 26.5 Å². The molecule has 0 aliphatic carbocycles. The van der Waals surface area contributed by atoms with Gasteiger partial charge in [0.25, 0.3) is 5.95 Å². The van der Waals surface area contributed by atoms with Crippen LogP contribution in [0.4, 0.5) is 10.7 Å². The van der Waals surface area contributed by atoms with Gasteiger partial charge in [-0.25, -0.2) is 24.3 Å². The van der Waals surface area contributed by atoms with Crippen LogP contribution in [0.5, 0.6) is 0 Å². The van der Waals surface area contributed by atoms with Gasteiger partial charge in [-0.05, 0) is 22.6 Å². The monoisotopic (exact) mass is 415 g/mol. The molecule has 7 nitrogen and oxygen atoms in total. The maximum absolute atomic E-state index is 11.5. The van der Waals surface area contributed by atoms with E-state index in [1.165, 1.54) is 4.57 Å². The molecule has 0 saturated carbocycles. The van der Waals surface area contributed by atoms with Crippen molar-refractivity contribution in [1.82, 2.24) is 19.4 Å². The van der Waals surface area contributed by atoms with Crippen molar-refractivity contribution in [3.63, 3.8) is 0 Å². The first-order valence-electron chi connectivity index (χ1n) is 6.64. The van der Waals surface area contributed by atoms with Crippen LogP contribution in [0.3, 0.4) is 0 Å². The molecule has 118 valence electrons. The number of aliphatic imine (C=N–C) groups is 1. The van der Waals surface area contributed by atoms with Gasteiger partial charge in [-0.3, -0.25) is 0 Å². The molecular weight excluding hydrogens is 397 g/mol. The molecule has 1 N–H and O–H groups in total. The summed E-state index contributed by atoms with van der Waals surface area (Å²) in [6.45, 7) is 5.96. The van der Waals surface area contributed by atoms with Crippen molar-refractivity contribution in [3.05, 3.63) is 15.5 Å². The summed E-state index contributed by atoms with van der Waals surface area (Å²) < 4.78 is 1.93. The second-order valence-corrected chi connectivity index (χ2v) is 7.32. The standard InChI is InChI=1S/C14H18IN5O2/c1-14(2,3)11-10-9(8(15)6-20(10)13(21)22)17-12(18-11)16-7-19(4)5/h6-7H,1-5H3,(H,21,22). The molecule has 8 heteroatoms. The van der Waals surface area contributed by atoms with Crippen molar-refractivity contribution < 1.29 is 9.90 Å². The fraction of sp³-hybridized carbons (Fsp3) is 0.429. The summed E-state index contributed by atoms with van der Waals surface area (Å²) in [6.07, 6.45) is 2.12. The van der Waals surface area contributed by atoms with Crippen molar-refractivity contribution in [1.29, 1.82) is 0 Å². The van der Waals surface area contributed by atoms with Crippen LogP contribution in [0.15, 0.2) is 11.2 Å². The number of aromatic nitrogens is 3. The highest BCUT2D eigenvalue weighted by Crippen LogP contribution is 2.32. The summed E-state index contributed by atoms with van der Waals surface area (Å²) in [7, 11) is 3.72. The van der Waals surface area contributed by atoms with Crippen LogP contribution in [-0.4, -0.2) is 51.1 Å². The molecule has 0 aliphatic heterocycles. The van der Waals surface area contributed by atoms with E-state index in [2.05, 4.69) is 37.6 Å². The van der Waals surface area contributed by atoms with Crippen molar-refractivity contribution in [2.45, 2.75) is 26.2 Å². The van der Waals surface area contributed by atoms with Crippen LogP contribution in [-0.2, 0) is 5.41 Å². The molecular formula is C14H18IN5O2. The van der Waals surface area contributed by atoms with Crippen LogP contribution in [0.2, 0.25) is 0 Å². The summed E-state index contributed by atoms with van der Waals surface area (Å²) in [6, 6.07) is 0. The SMILES string of the molecule is CN(C)C=Nc1nc(C(C)(C)C)c2c(n1)c(I)cn2C(=O)O. The van der Waals surface area contributed by atoms with E-state index in [-0.39, 0.29) is 5.41 Å². The van der Waals surface area contributed by atoms with Gasteiger partial charge in [0.1, 0.15) is 11.0 Å². The smallest absolute Gasteiger partial charge is 0.416 e. The largest absolute Gasteiger partial charge is 0.464 e. The van der Waals surface area contributed by atoms with E-state index in [9.17, 15) is 9.90 Å². The predicted octanol–water partition coefficient (Wildman–Crippen LogP) is 3.08. The van der Waals surface area contributed by atoms with E-state index in [0.29, 0.717) is 22.7 Å². The average Bonchev–Trinajstić information content (AvgIpc) is 2.72. The molecule has 2 aromatic heterocycles. The van der Waals surface area contributed by atoms with Crippen molar-refractivity contribution in [2.24, 2.45) is 4.99 Å². The molecule has 0 spiro atoms. The summed E-state index contributed by atoms with van der Waals surface area (Å²) in [5.74, 6) is 0.326. The minimum atomic E-state index is -1.05. The van der Waals surface area contributed by atoms with E-state index in [4.69, 9.17) is 0 Å². The predicted molar refractivity (Wildman–Crippen MR) is 94.2 cm³/mol. The average molecular weight is 415 g/mol. The third kappa shape index (κ3) is 3.21. The number of nitrogens with zero attached hydrogens (tertiary/aromatic N) is 5. The van der Waals surface area contributed by atoms with E-state index < -0.39 is 6.09 Å². The third-order valence-electron chi connectivity index (χ3n) is 2.90. The molecule has 0 unspecified atom stereocenters. The van der Waals surface area contributed by atoms with Gasteiger partial charge in [0.05, 0.1) is 15.6 Å². The number of hydrogen-bond acceptors (Lipinski definition) is 4. The second kappa shape index (κ2) is 5.82. The van der Waals surface area contributed by atoms with Gasteiger partial charge in [-0.15, -0.1) is 0 Å². The first kappa shape index (κ1) is 16.7. The minimum absolute atomic E-state index is 0.326. The van der Waals surface area contributed by atoms with Gasteiger partial charge in [-0.1, -0.05) is 20.8 Å². The summed E-state index contributed by atoms with van der Waals surface area (Å²) in [5.41, 5.74) is 1.45. The number of carboxylic acid groups (broad SMARTS) is 1. The maximum atomic E-state index is 11.5. The molecule has 2 aromatic rings. The van der Waals surface area contributed by atoms with E-state index in [1.807, 2.05) is 34.9 Å². The number of rotatable bonds is 2. The van der Waals surface area contributed by atoms with Gasteiger partial charge < -0.3 is 10.0 Å². The van der Waals surface area contributed by atoms with Crippen LogP contribution in [0.25, 0.3) is 11.0 Å². The molecule has 0 bridgehead atoms. The summed E-state index contributed by atoms with van der Waals surface area (Å²) in [5, 5.41) is 9.40. The topological polar surface area (TPSA) is 83.6 Å².